The van der Waals surface area contributed by atoms with Crippen LogP contribution in [0.4, 0.5) is 16.3 Å². The lowest BCUT2D eigenvalue weighted by atomic mass is 10.1. The van der Waals surface area contributed by atoms with Crippen LogP contribution in [0.1, 0.15) is 17.5 Å². The number of carbonyl (C=O) groups is 1. The quantitative estimate of drug-likeness (QED) is 0.286. The lowest BCUT2D eigenvalue weighted by Crippen LogP contribution is -2.44. The monoisotopic (exact) mass is 560 g/mol. The van der Waals surface area contributed by atoms with Gasteiger partial charge in [-0.25, -0.2) is 9.48 Å². The van der Waals surface area contributed by atoms with E-state index in [9.17, 15) is 4.79 Å². The maximum Gasteiger partial charge on any atom is 0.324 e. The van der Waals surface area contributed by atoms with E-state index in [0.29, 0.717) is 47.1 Å². The number of para-hydroxylation sites is 1. The van der Waals surface area contributed by atoms with Crippen molar-refractivity contribution in [2.45, 2.75) is 19.8 Å². The van der Waals surface area contributed by atoms with Crippen molar-refractivity contribution in [3.05, 3.63) is 63.6 Å². The highest BCUT2D eigenvalue weighted by molar-refractivity contribution is 6.42. The predicted octanol–water partition coefficient (Wildman–Crippen LogP) is 4.99. The molecule has 1 fully saturated rings. The molecule has 2 heterocycles. The molecule has 0 bridgehead atoms. The highest BCUT2D eigenvalue weighted by Gasteiger charge is 2.20. The Balaban J connectivity index is 1.52. The highest BCUT2D eigenvalue weighted by Crippen LogP contribution is 2.31. The molecule has 0 aliphatic carbocycles. The molecular formula is C27H34Cl2N6O3. The summed E-state index contributed by atoms with van der Waals surface area (Å²) in [5.41, 5.74) is 3.00. The number of nitrogens with one attached hydrogen (secondary N) is 3. The van der Waals surface area contributed by atoms with Crippen LogP contribution in [0.15, 0.2) is 42.5 Å². The summed E-state index contributed by atoms with van der Waals surface area (Å²) < 4.78 is 12.9. The Morgan fingerprint density at radius 3 is 2.55 bits per heavy atom. The number of aryl methyl sites for hydroxylation is 1. The van der Waals surface area contributed by atoms with Gasteiger partial charge in [-0.15, -0.1) is 5.10 Å². The zero-order chi connectivity index (χ0) is 26.9. The fraction of sp³-hybridized carbons (Fsp3) is 0.407. The molecule has 0 atom stereocenters. The van der Waals surface area contributed by atoms with Gasteiger partial charge in [0.1, 0.15) is 12.4 Å². The van der Waals surface area contributed by atoms with E-state index in [1.165, 1.54) is 0 Å². The number of hydrogen-bond donors (Lipinski definition) is 3. The molecule has 3 aromatic rings. The minimum absolute atomic E-state index is 0.364. The molecule has 204 valence electrons. The molecule has 0 saturated carbocycles. The topological polar surface area (TPSA) is 92.7 Å². The van der Waals surface area contributed by atoms with E-state index in [-0.39, 0.29) is 0 Å². The van der Waals surface area contributed by atoms with Crippen molar-refractivity contribution in [1.29, 1.82) is 0 Å². The minimum atomic E-state index is -0.427. The van der Waals surface area contributed by atoms with Crippen LogP contribution in [0, 0.1) is 6.92 Å². The lowest BCUT2D eigenvalue weighted by Gasteiger charge is -2.26. The molecule has 1 aliphatic rings. The van der Waals surface area contributed by atoms with Crippen molar-refractivity contribution >= 4 is 40.7 Å². The van der Waals surface area contributed by atoms with Gasteiger partial charge in [-0.3, -0.25) is 10.2 Å². The van der Waals surface area contributed by atoms with Gasteiger partial charge in [0.2, 0.25) is 5.88 Å². The molecule has 1 saturated heterocycles. The molecule has 2 amide bonds. The Kier molecular flexibility index (Phi) is 10.3. The molecular weight excluding hydrogens is 527 g/mol. The molecule has 1 aliphatic heterocycles. The van der Waals surface area contributed by atoms with Gasteiger partial charge in [-0.2, -0.15) is 0 Å². The summed E-state index contributed by atoms with van der Waals surface area (Å²) in [5.74, 6) is 1.00. The third-order valence-electron chi connectivity index (χ3n) is 6.36. The van der Waals surface area contributed by atoms with Crippen LogP contribution < -0.4 is 20.7 Å². The second kappa shape index (κ2) is 13.8. The Morgan fingerprint density at radius 2 is 1.82 bits per heavy atom. The van der Waals surface area contributed by atoms with E-state index in [4.69, 9.17) is 32.7 Å². The first-order valence-electron chi connectivity index (χ1n) is 12.7. The molecule has 4 rings (SSSR count). The van der Waals surface area contributed by atoms with Gasteiger partial charge in [-0.1, -0.05) is 41.4 Å². The predicted molar refractivity (Wildman–Crippen MR) is 152 cm³/mol. The Morgan fingerprint density at radius 1 is 1.08 bits per heavy atom. The number of amides is 2. The second-order valence-corrected chi connectivity index (χ2v) is 9.88. The summed E-state index contributed by atoms with van der Waals surface area (Å²) in [6.07, 6.45) is 1.45. The fourth-order valence-electron chi connectivity index (χ4n) is 4.30. The van der Waals surface area contributed by atoms with Crippen molar-refractivity contribution in [3.8, 4) is 11.6 Å². The number of halogens is 2. The largest absolute Gasteiger partial charge is 0.475 e. The Labute approximate surface area is 233 Å². The summed E-state index contributed by atoms with van der Waals surface area (Å²) in [4.78, 5) is 15.6. The second-order valence-electron chi connectivity index (χ2n) is 9.07. The number of piperazine rings is 1. The first-order chi connectivity index (χ1) is 18.5. The Bertz CT molecular complexity index is 1220. The normalized spacial score (nSPS) is 13.9. The molecule has 0 spiro atoms. The van der Waals surface area contributed by atoms with Crippen LogP contribution in [0.5, 0.6) is 5.88 Å². The van der Waals surface area contributed by atoms with E-state index in [1.54, 1.807) is 23.9 Å². The third-order valence-corrected chi connectivity index (χ3v) is 7.08. The molecule has 0 unspecified atom stereocenters. The number of rotatable bonds is 11. The molecule has 38 heavy (non-hydrogen) atoms. The van der Waals surface area contributed by atoms with Gasteiger partial charge in [-0.05, 0) is 49.6 Å². The van der Waals surface area contributed by atoms with E-state index < -0.39 is 6.03 Å². The van der Waals surface area contributed by atoms with Gasteiger partial charge < -0.3 is 20.1 Å². The first-order valence-corrected chi connectivity index (χ1v) is 13.5. The fourth-order valence-corrected chi connectivity index (χ4v) is 4.65. The van der Waals surface area contributed by atoms with Gasteiger partial charge in [0.15, 0.2) is 0 Å². The maximum atomic E-state index is 13.2. The number of nitrogens with zero attached hydrogens (tertiary/aromatic N) is 3. The maximum absolute atomic E-state index is 13.2. The van der Waals surface area contributed by atoms with Crippen molar-refractivity contribution in [3.63, 3.8) is 0 Å². The molecule has 9 nitrogen and oxygen atoms in total. The number of methoxy groups -OCH3 is 1. The van der Waals surface area contributed by atoms with Crippen molar-refractivity contribution < 1.29 is 14.3 Å². The summed E-state index contributed by atoms with van der Waals surface area (Å²) in [6.45, 7) is 7.76. The number of carbonyl (C=O) groups excluding carboxylic acids is 1. The van der Waals surface area contributed by atoms with E-state index in [0.717, 1.165) is 56.0 Å². The van der Waals surface area contributed by atoms with Crippen LogP contribution in [0.25, 0.3) is 5.69 Å². The van der Waals surface area contributed by atoms with Crippen molar-refractivity contribution in [1.82, 2.24) is 20.0 Å². The van der Waals surface area contributed by atoms with Crippen molar-refractivity contribution in [2.75, 3.05) is 63.7 Å². The van der Waals surface area contributed by atoms with E-state index in [2.05, 4.69) is 25.9 Å². The molecule has 1 aromatic heterocycles. The van der Waals surface area contributed by atoms with Crippen LogP contribution >= 0.6 is 23.2 Å². The molecule has 11 heteroatoms. The zero-order valence-corrected chi connectivity index (χ0v) is 23.2. The number of urea groups is 1. The molecule has 0 radical (unpaired) electrons. The zero-order valence-electron chi connectivity index (χ0n) is 21.7. The number of aromatic nitrogens is 2. The first kappa shape index (κ1) is 28.2. The number of anilines is 2. The average molecular weight is 562 g/mol. The summed E-state index contributed by atoms with van der Waals surface area (Å²) in [6, 6.07) is 12.6. The SMILES string of the molecule is COCCCc1cc(Cl)c(Cl)cc1NC(=O)Nc1c(C)c(OCCN2CCNCC2)nn1-c1ccccc1. The van der Waals surface area contributed by atoms with Gasteiger partial charge in [0.05, 0.1) is 21.3 Å². The smallest absolute Gasteiger partial charge is 0.324 e. The van der Waals surface area contributed by atoms with Gasteiger partial charge >= 0.3 is 6.03 Å². The molecule has 2 aromatic carbocycles. The third kappa shape index (κ3) is 7.39. The van der Waals surface area contributed by atoms with Crippen LogP contribution in [-0.2, 0) is 11.2 Å². The van der Waals surface area contributed by atoms with E-state index >= 15 is 0 Å². The van der Waals surface area contributed by atoms with Gasteiger partial charge in [0.25, 0.3) is 0 Å². The number of hydrogen-bond acceptors (Lipinski definition) is 6. The van der Waals surface area contributed by atoms with Crippen molar-refractivity contribution in [2.24, 2.45) is 0 Å². The average Bonchev–Trinajstić information content (AvgIpc) is 3.22. The van der Waals surface area contributed by atoms with Gasteiger partial charge in [0, 0.05) is 52.1 Å². The highest BCUT2D eigenvalue weighted by atomic mass is 35.5. The van der Waals surface area contributed by atoms with Crippen LogP contribution in [0.2, 0.25) is 10.0 Å². The summed E-state index contributed by atoms with van der Waals surface area (Å²) in [5, 5.41) is 14.7. The van der Waals surface area contributed by atoms with Crippen LogP contribution in [-0.4, -0.2) is 73.8 Å². The lowest BCUT2D eigenvalue weighted by molar-refractivity contribution is 0.187. The number of ether oxygens (including phenoxy) is 2. The molecule has 3 N–H and O–H groups in total. The number of benzene rings is 2. The van der Waals surface area contributed by atoms with E-state index in [1.807, 2.05) is 37.3 Å². The summed E-state index contributed by atoms with van der Waals surface area (Å²) in [7, 11) is 1.66. The summed E-state index contributed by atoms with van der Waals surface area (Å²) >= 11 is 12.5. The standard InChI is InChI=1S/C27H34Cl2N6O3/c1-19-25(32-27(36)31-24-18-23(29)22(28)17-20(24)7-6-15-37-2)35(21-8-4-3-5-9-21)33-26(19)38-16-14-34-12-10-30-11-13-34/h3-5,8-9,17-18,30H,6-7,10-16H2,1-2H3,(H2,31,32,36). The minimum Gasteiger partial charge on any atom is -0.475 e. The Hall–Kier alpha value is -2.82. The van der Waals surface area contributed by atoms with Crippen LogP contribution in [0.3, 0.4) is 0 Å².